The molecule has 5 heteroatoms. The highest BCUT2D eigenvalue weighted by Gasteiger charge is 2.24. The van der Waals surface area contributed by atoms with Crippen LogP contribution in [0.1, 0.15) is 13.8 Å². The highest BCUT2D eigenvalue weighted by Crippen LogP contribution is 2.24. The van der Waals surface area contributed by atoms with Crippen LogP contribution in [0.15, 0.2) is 24.3 Å². The zero-order valence-corrected chi connectivity index (χ0v) is 10.1. The molecule has 0 aromatic heterocycles. The van der Waals surface area contributed by atoms with Crippen LogP contribution in [0.2, 0.25) is 0 Å². The lowest BCUT2D eigenvalue weighted by Gasteiger charge is -2.41. The van der Waals surface area contributed by atoms with Crippen LogP contribution < -0.4 is 10.2 Å². The summed E-state index contributed by atoms with van der Waals surface area (Å²) in [6, 6.07) is 7.60. The molecule has 0 bridgehead atoms. The van der Waals surface area contributed by atoms with E-state index in [1.807, 2.05) is 12.1 Å². The van der Waals surface area contributed by atoms with Crippen LogP contribution in [0.5, 0.6) is 0 Å². The molecule has 0 amide bonds. The van der Waals surface area contributed by atoms with Gasteiger partial charge in [0.2, 0.25) is 0 Å². The van der Waals surface area contributed by atoms with E-state index in [0.29, 0.717) is 12.1 Å². The Hall–Kier alpha value is -1.62. The Morgan fingerprint density at radius 1 is 1.24 bits per heavy atom. The standard InChI is InChI=1S/C12H17N3O2/c1-9-7-13-8-10(2)14(9)11-3-5-12(6-4-11)15(16)17/h3-6,9-10,13H,7-8H2,1-2H3/t9-,10+. The van der Waals surface area contributed by atoms with Gasteiger partial charge in [-0.05, 0) is 26.0 Å². The number of benzene rings is 1. The Balaban J connectivity index is 2.23. The van der Waals surface area contributed by atoms with Crippen LogP contribution in [0, 0.1) is 10.1 Å². The first-order valence-corrected chi connectivity index (χ1v) is 5.83. The molecule has 1 aliphatic rings. The summed E-state index contributed by atoms with van der Waals surface area (Å²) in [6.07, 6.45) is 0. The van der Waals surface area contributed by atoms with Crippen LogP contribution in [0.4, 0.5) is 11.4 Å². The van der Waals surface area contributed by atoms with Gasteiger partial charge in [-0.25, -0.2) is 0 Å². The number of piperazine rings is 1. The molecule has 0 saturated carbocycles. The van der Waals surface area contributed by atoms with Gasteiger partial charge in [0.25, 0.3) is 5.69 Å². The molecule has 1 N–H and O–H groups in total. The number of nitro groups is 1. The summed E-state index contributed by atoms with van der Waals surface area (Å²) in [4.78, 5) is 12.5. The van der Waals surface area contributed by atoms with Crippen LogP contribution >= 0.6 is 0 Å². The molecule has 1 aromatic rings. The Bertz CT molecular complexity index is 395. The van der Waals surface area contributed by atoms with E-state index in [1.165, 1.54) is 0 Å². The van der Waals surface area contributed by atoms with Gasteiger partial charge >= 0.3 is 0 Å². The van der Waals surface area contributed by atoms with Crippen molar-refractivity contribution in [2.75, 3.05) is 18.0 Å². The molecule has 1 heterocycles. The maximum Gasteiger partial charge on any atom is 0.269 e. The number of hydrogen-bond donors (Lipinski definition) is 1. The summed E-state index contributed by atoms with van der Waals surface area (Å²) in [5.41, 5.74) is 1.20. The molecule has 1 aromatic carbocycles. The van der Waals surface area contributed by atoms with Gasteiger partial charge in [-0.2, -0.15) is 0 Å². The fraction of sp³-hybridized carbons (Fsp3) is 0.500. The Morgan fingerprint density at radius 3 is 2.24 bits per heavy atom. The molecule has 0 unspecified atom stereocenters. The highest BCUT2D eigenvalue weighted by atomic mass is 16.6. The number of non-ortho nitro benzene ring substituents is 1. The van der Waals surface area contributed by atoms with Crippen LogP contribution in [0.25, 0.3) is 0 Å². The van der Waals surface area contributed by atoms with Gasteiger partial charge in [0, 0.05) is 43.0 Å². The first-order valence-electron chi connectivity index (χ1n) is 5.83. The van der Waals surface area contributed by atoms with E-state index in [4.69, 9.17) is 0 Å². The lowest BCUT2D eigenvalue weighted by atomic mass is 10.1. The Labute approximate surface area is 101 Å². The Kier molecular flexibility index (Phi) is 3.28. The third-order valence-electron chi connectivity index (χ3n) is 3.19. The van der Waals surface area contributed by atoms with Crippen molar-refractivity contribution in [2.24, 2.45) is 0 Å². The minimum atomic E-state index is -0.367. The molecular formula is C12H17N3O2. The number of nitrogens with zero attached hydrogens (tertiary/aromatic N) is 2. The van der Waals surface area contributed by atoms with Crippen LogP contribution in [-0.4, -0.2) is 30.1 Å². The molecule has 1 fully saturated rings. The second-order valence-corrected chi connectivity index (χ2v) is 4.54. The number of nitrogens with one attached hydrogen (secondary N) is 1. The topological polar surface area (TPSA) is 58.4 Å². The molecule has 17 heavy (non-hydrogen) atoms. The lowest BCUT2D eigenvalue weighted by Crippen LogP contribution is -2.55. The van der Waals surface area contributed by atoms with Gasteiger partial charge in [0.05, 0.1) is 4.92 Å². The van der Waals surface area contributed by atoms with Gasteiger partial charge in [-0.3, -0.25) is 10.1 Å². The van der Waals surface area contributed by atoms with Crippen LogP contribution in [0.3, 0.4) is 0 Å². The van der Waals surface area contributed by atoms with E-state index in [9.17, 15) is 10.1 Å². The third-order valence-corrected chi connectivity index (χ3v) is 3.19. The van der Waals surface area contributed by atoms with Gasteiger partial charge in [0.1, 0.15) is 0 Å². The molecule has 2 atom stereocenters. The predicted molar refractivity (Wildman–Crippen MR) is 67.4 cm³/mol. The normalized spacial score (nSPS) is 24.7. The molecule has 0 aliphatic carbocycles. The summed E-state index contributed by atoms with van der Waals surface area (Å²) in [5.74, 6) is 0. The SMILES string of the molecule is C[C@@H]1CNC[C@H](C)N1c1ccc([N+](=O)[O-])cc1. The second-order valence-electron chi connectivity index (χ2n) is 4.54. The number of rotatable bonds is 2. The predicted octanol–water partition coefficient (Wildman–Crippen LogP) is 1.78. The van der Waals surface area contributed by atoms with E-state index < -0.39 is 0 Å². The first kappa shape index (κ1) is 11.9. The minimum absolute atomic E-state index is 0.143. The molecule has 0 radical (unpaired) electrons. The monoisotopic (exact) mass is 235 g/mol. The summed E-state index contributed by atoms with van der Waals surface area (Å²) in [5, 5.41) is 14.0. The largest absolute Gasteiger partial charge is 0.364 e. The Morgan fingerprint density at radius 2 is 1.76 bits per heavy atom. The highest BCUT2D eigenvalue weighted by molar-refractivity contribution is 5.52. The number of hydrogen-bond acceptors (Lipinski definition) is 4. The van der Waals surface area contributed by atoms with Gasteiger partial charge in [-0.15, -0.1) is 0 Å². The van der Waals surface area contributed by atoms with Crippen molar-refractivity contribution in [3.8, 4) is 0 Å². The lowest BCUT2D eigenvalue weighted by molar-refractivity contribution is -0.384. The first-order chi connectivity index (χ1) is 8.09. The molecule has 0 spiro atoms. The second kappa shape index (κ2) is 4.71. The molecule has 1 saturated heterocycles. The fourth-order valence-electron chi connectivity index (χ4n) is 2.39. The smallest absolute Gasteiger partial charge is 0.269 e. The quantitative estimate of drug-likeness (QED) is 0.627. The van der Waals surface area contributed by atoms with E-state index in [-0.39, 0.29) is 10.6 Å². The van der Waals surface area contributed by atoms with Crippen molar-refractivity contribution in [1.82, 2.24) is 5.32 Å². The zero-order chi connectivity index (χ0) is 12.4. The number of anilines is 1. The van der Waals surface area contributed by atoms with Crippen molar-refractivity contribution >= 4 is 11.4 Å². The summed E-state index contributed by atoms with van der Waals surface area (Å²) >= 11 is 0. The molecule has 92 valence electrons. The summed E-state index contributed by atoms with van der Waals surface area (Å²) < 4.78 is 0. The van der Waals surface area contributed by atoms with E-state index in [1.54, 1.807) is 12.1 Å². The average Bonchev–Trinajstić information content (AvgIpc) is 2.29. The van der Waals surface area contributed by atoms with E-state index in [2.05, 4.69) is 24.1 Å². The van der Waals surface area contributed by atoms with Crippen molar-refractivity contribution in [3.63, 3.8) is 0 Å². The summed E-state index contributed by atoms with van der Waals surface area (Å²) in [6.45, 7) is 6.21. The maximum absolute atomic E-state index is 10.6. The van der Waals surface area contributed by atoms with Crippen molar-refractivity contribution in [3.05, 3.63) is 34.4 Å². The zero-order valence-electron chi connectivity index (χ0n) is 10.1. The molecule has 5 nitrogen and oxygen atoms in total. The molecule has 1 aliphatic heterocycles. The van der Waals surface area contributed by atoms with E-state index in [0.717, 1.165) is 18.8 Å². The molecular weight excluding hydrogens is 218 g/mol. The maximum atomic E-state index is 10.6. The van der Waals surface area contributed by atoms with Gasteiger partial charge < -0.3 is 10.2 Å². The van der Waals surface area contributed by atoms with Gasteiger partial charge in [0.15, 0.2) is 0 Å². The summed E-state index contributed by atoms with van der Waals surface area (Å²) in [7, 11) is 0. The fourth-order valence-corrected chi connectivity index (χ4v) is 2.39. The average molecular weight is 235 g/mol. The van der Waals surface area contributed by atoms with Crippen molar-refractivity contribution in [1.29, 1.82) is 0 Å². The van der Waals surface area contributed by atoms with Crippen LogP contribution in [-0.2, 0) is 0 Å². The van der Waals surface area contributed by atoms with E-state index >= 15 is 0 Å². The molecule has 2 rings (SSSR count). The van der Waals surface area contributed by atoms with Gasteiger partial charge in [-0.1, -0.05) is 0 Å². The van der Waals surface area contributed by atoms with Crippen molar-refractivity contribution in [2.45, 2.75) is 25.9 Å². The minimum Gasteiger partial charge on any atom is -0.364 e. The number of nitro benzene ring substituents is 1. The van der Waals surface area contributed by atoms with Crippen molar-refractivity contribution < 1.29 is 4.92 Å². The third kappa shape index (κ3) is 2.39.